The lowest BCUT2D eigenvalue weighted by Crippen LogP contribution is -2.41. The second-order valence-electron chi connectivity index (χ2n) is 3.89. The minimum Gasteiger partial charge on any atom is -0.396 e. The molecule has 13 heavy (non-hydrogen) atoms. The second-order valence-corrected chi connectivity index (χ2v) is 3.89. The van der Waals surface area contributed by atoms with Crippen molar-refractivity contribution in [3.05, 3.63) is 0 Å². The Labute approximate surface area is 79.1 Å². The van der Waals surface area contributed by atoms with Crippen LogP contribution in [0, 0.1) is 5.92 Å². The van der Waals surface area contributed by atoms with Gasteiger partial charge in [-0.1, -0.05) is 6.92 Å². The summed E-state index contributed by atoms with van der Waals surface area (Å²) in [5, 5.41) is 12.6. The van der Waals surface area contributed by atoms with Crippen LogP contribution < -0.4 is 0 Å². The van der Waals surface area contributed by atoms with Crippen LogP contribution in [0.5, 0.6) is 0 Å². The minimum absolute atomic E-state index is 0.131. The van der Waals surface area contributed by atoms with Crippen molar-refractivity contribution in [2.75, 3.05) is 20.2 Å². The van der Waals surface area contributed by atoms with Gasteiger partial charge in [-0.25, -0.2) is 5.01 Å². The third-order valence-corrected chi connectivity index (χ3v) is 2.57. The lowest BCUT2D eigenvalue weighted by Gasteiger charge is -2.28. The third-order valence-electron chi connectivity index (χ3n) is 2.57. The number of aliphatic hydroxyl groups is 1. The molecule has 76 valence electrons. The van der Waals surface area contributed by atoms with Crippen LogP contribution in [0.15, 0.2) is 0 Å². The van der Waals surface area contributed by atoms with Gasteiger partial charge in [0, 0.05) is 32.7 Å². The topological polar surface area (TPSA) is 43.8 Å². The van der Waals surface area contributed by atoms with Gasteiger partial charge < -0.3 is 5.11 Å². The molecule has 4 heteroatoms. The number of hydrogen-bond donors (Lipinski definition) is 1. The number of carbonyl (C=O) groups excluding carboxylic acids is 1. The van der Waals surface area contributed by atoms with Crippen LogP contribution >= 0.6 is 0 Å². The van der Waals surface area contributed by atoms with E-state index in [1.807, 2.05) is 25.9 Å². The third kappa shape index (κ3) is 2.19. The molecule has 1 aliphatic rings. The minimum atomic E-state index is 0.131. The molecule has 1 fully saturated rings. The molecule has 0 spiro atoms. The molecule has 2 atom stereocenters. The number of hydrogen-bond acceptors (Lipinski definition) is 3. The Balaban J connectivity index is 2.53. The Morgan fingerprint density at radius 2 is 2.31 bits per heavy atom. The predicted molar refractivity (Wildman–Crippen MR) is 49.8 cm³/mol. The molecule has 2 unspecified atom stereocenters. The molecule has 0 bridgehead atoms. The van der Waals surface area contributed by atoms with E-state index in [1.165, 1.54) is 0 Å². The maximum Gasteiger partial charge on any atom is 0.238 e. The van der Waals surface area contributed by atoms with Crippen molar-refractivity contribution < 1.29 is 9.90 Å². The van der Waals surface area contributed by atoms with Gasteiger partial charge in [-0.3, -0.25) is 9.80 Å². The zero-order valence-corrected chi connectivity index (χ0v) is 8.53. The molecule has 1 heterocycles. The number of aliphatic hydroxyl groups excluding tert-OH is 1. The van der Waals surface area contributed by atoms with Crippen LogP contribution in [0.4, 0.5) is 0 Å². The average Bonchev–Trinajstić information content (AvgIpc) is 2.32. The highest BCUT2D eigenvalue weighted by atomic mass is 16.3. The van der Waals surface area contributed by atoms with Crippen LogP contribution in [-0.4, -0.2) is 47.3 Å². The number of hydrazine groups is 1. The molecular formula is C9H18N2O2. The van der Waals surface area contributed by atoms with E-state index in [1.54, 1.807) is 5.01 Å². The first-order valence-electron chi connectivity index (χ1n) is 4.70. The molecule has 0 aromatic carbocycles. The van der Waals surface area contributed by atoms with Crippen molar-refractivity contribution in [1.29, 1.82) is 0 Å². The van der Waals surface area contributed by atoms with Gasteiger partial charge in [0.15, 0.2) is 0 Å². The maximum absolute atomic E-state index is 11.4. The van der Waals surface area contributed by atoms with Crippen molar-refractivity contribution in [1.82, 2.24) is 10.0 Å². The lowest BCUT2D eigenvalue weighted by atomic mass is 10.2. The molecule has 1 aliphatic heterocycles. The highest BCUT2D eigenvalue weighted by Gasteiger charge is 2.32. The van der Waals surface area contributed by atoms with E-state index in [4.69, 9.17) is 5.11 Å². The van der Waals surface area contributed by atoms with Gasteiger partial charge in [0.05, 0.1) is 0 Å². The summed E-state index contributed by atoms with van der Waals surface area (Å²) < 4.78 is 0. The van der Waals surface area contributed by atoms with Gasteiger partial charge in [-0.05, 0) is 12.8 Å². The van der Waals surface area contributed by atoms with Crippen molar-refractivity contribution in [2.24, 2.45) is 5.92 Å². The maximum atomic E-state index is 11.4. The number of rotatable bonds is 3. The Hall–Kier alpha value is -0.610. The van der Waals surface area contributed by atoms with Gasteiger partial charge >= 0.3 is 0 Å². The van der Waals surface area contributed by atoms with Gasteiger partial charge in [0.1, 0.15) is 0 Å². The highest BCUT2D eigenvalue weighted by molar-refractivity contribution is 5.78. The van der Waals surface area contributed by atoms with E-state index in [-0.39, 0.29) is 18.4 Å². The largest absolute Gasteiger partial charge is 0.396 e. The van der Waals surface area contributed by atoms with Crippen molar-refractivity contribution in [3.63, 3.8) is 0 Å². The smallest absolute Gasteiger partial charge is 0.238 e. The first-order chi connectivity index (χ1) is 6.06. The van der Waals surface area contributed by atoms with Gasteiger partial charge in [-0.15, -0.1) is 0 Å². The van der Waals surface area contributed by atoms with Crippen molar-refractivity contribution in [2.45, 2.75) is 26.3 Å². The summed E-state index contributed by atoms with van der Waals surface area (Å²) in [5.41, 5.74) is 0. The Morgan fingerprint density at radius 3 is 2.69 bits per heavy atom. The van der Waals surface area contributed by atoms with E-state index in [2.05, 4.69) is 0 Å². The molecule has 1 amide bonds. The molecule has 0 aliphatic carbocycles. The average molecular weight is 186 g/mol. The first-order valence-corrected chi connectivity index (χ1v) is 4.70. The SMILES string of the molecule is CC(CO)CN1C(=O)CC(C)N1C. The lowest BCUT2D eigenvalue weighted by molar-refractivity contribution is -0.138. The monoisotopic (exact) mass is 186 g/mol. The van der Waals surface area contributed by atoms with Crippen molar-refractivity contribution in [3.8, 4) is 0 Å². The summed E-state index contributed by atoms with van der Waals surface area (Å²) in [7, 11) is 1.92. The van der Waals surface area contributed by atoms with Crippen LogP contribution in [0.2, 0.25) is 0 Å². The number of nitrogens with zero attached hydrogens (tertiary/aromatic N) is 2. The van der Waals surface area contributed by atoms with E-state index < -0.39 is 0 Å². The fraction of sp³-hybridized carbons (Fsp3) is 0.889. The quantitative estimate of drug-likeness (QED) is 0.679. The molecule has 0 aromatic rings. The number of carbonyl (C=O) groups is 1. The predicted octanol–water partition coefficient (Wildman–Crippen LogP) is 0.0824. The molecular weight excluding hydrogens is 168 g/mol. The van der Waals surface area contributed by atoms with Gasteiger partial charge in [0.25, 0.3) is 0 Å². The molecule has 1 rings (SSSR count). The van der Waals surface area contributed by atoms with E-state index in [0.717, 1.165) is 0 Å². The van der Waals surface area contributed by atoms with E-state index in [0.29, 0.717) is 19.0 Å². The Bertz CT molecular complexity index is 196. The summed E-state index contributed by atoms with van der Waals surface area (Å²) in [6.07, 6.45) is 0.592. The van der Waals surface area contributed by atoms with Crippen LogP contribution in [0.25, 0.3) is 0 Å². The Morgan fingerprint density at radius 1 is 1.69 bits per heavy atom. The van der Waals surface area contributed by atoms with E-state index in [9.17, 15) is 4.79 Å². The molecule has 0 radical (unpaired) electrons. The summed E-state index contributed by atoms with van der Waals surface area (Å²) in [4.78, 5) is 11.4. The molecule has 0 saturated carbocycles. The van der Waals surface area contributed by atoms with Crippen LogP contribution in [0.1, 0.15) is 20.3 Å². The molecule has 1 saturated heterocycles. The van der Waals surface area contributed by atoms with Gasteiger partial charge in [0.2, 0.25) is 5.91 Å². The highest BCUT2D eigenvalue weighted by Crippen LogP contribution is 2.18. The van der Waals surface area contributed by atoms with E-state index >= 15 is 0 Å². The standard InChI is InChI=1S/C9H18N2O2/c1-7(6-12)5-11-9(13)4-8(2)10(11)3/h7-8,12H,4-6H2,1-3H3. The summed E-state index contributed by atoms with van der Waals surface area (Å²) in [5.74, 6) is 0.312. The molecule has 4 nitrogen and oxygen atoms in total. The van der Waals surface area contributed by atoms with Gasteiger partial charge in [-0.2, -0.15) is 0 Å². The second kappa shape index (κ2) is 4.07. The Kier molecular flexibility index (Phi) is 3.27. The van der Waals surface area contributed by atoms with Crippen LogP contribution in [-0.2, 0) is 4.79 Å². The number of amides is 1. The molecule has 0 aromatic heterocycles. The van der Waals surface area contributed by atoms with Crippen molar-refractivity contribution >= 4 is 5.91 Å². The summed E-state index contributed by atoms with van der Waals surface area (Å²) >= 11 is 0. The summed E-state index contributed by atoms with van der Waals surface area (Å²) in [6.45, 7) is 4.72. The summed E-state index contributed by atoms with van der Waals surface area (Å²) in [6, 6.07) is 0.290. The first kappa shape index (κ1) is 10.5. The fourth-order valence-electron chi connectivity index (χ4n) is 1.49. The zero-order valence-electron chi connectivity index (χ0n) is 8.53. The molecule has 1 N–H and O–H groups in total. The normalized spacial score (nSPS) is 26.9. The fourth-order valence-corrected chi connectivity index (χ4v) is 1.49. The zero-order chi connectivity index (χ0) is 10.0. The van der Waals surface area contributed by atoms with Crippen LogP contribution in [0.3, 0.4) is 0 Å².